The number of aliphatic hydroxyl groups is 2. The van der Waals surface area contributed by atoms with Gasteiger partial charge in [0.05, 0.1) is 12.5 Å². The van der Waals surface area contributed by atoms with Crippen LogP contribution in [0.5, 0.6) is 0 Å². The first-order chi connectivity index (χ1) is 16.4. The van der Waals surface area contributed by atoms with Gasteiger partial charge in [0, 0.05) is 11.8 Å². The van der Waals surface area contributed by atoms with E-state index in [-0.39, 0.29) is 41.8 Å². The van der Waals surface area contributed by atoms with Crippen LogP contribution in [0.3, 0.4) is 0 Å². The lowest BCUT2D eigenvalue weighted by Gasteiger charge is -2.60. The van der Waals surface area contributed by atoms with Gasteiger partial charge in [0.25, 0.3) is 0 Å². The van der Waals surface area contributed by atoms with Crippen LogP contribution in [0.1, 0.15) is 65.2 Å². The number of carbonyl (C=O) groups excluding carboxylic acids is 3. The van der Waals surface area contributed by atoms with Gasteiger partial charge in [-0.25, -0.2) is 0 Å². The third-order valence-corrected chi connectivity index (χ3v) is 9.89. The molecule has 3 unspecified atom stereocenters. The van der Waals surface area contributed by atoms with Crippen LogP contribution in [0.25, 0.3) is 0 Å². The molecule has 4 aliphatic rings. The Morgan fingerprint density at radius 2 is 1.91 bits per heavy atom. The van der Waals surface area contributed by atoms with Crippen molar-refractivity contribution in [2.24, 2.45) is 28.6 Å². The minimum atomic E-state index is -1.74. The second-order valence-corrected chi connectivity index (χ2v) is 11.4. The van der Waals surface area contributed by atoms with E-state index in [9.17, 15) is 29.4 Å². The van der Waals surface area contributed by atoms with Gasteiger partial charge in [-0.05, 0) is 74.8 Å². The molecule has 194 valence electrons. The van der Waals surface area contributed by atoms with Crippen LogP contribution in [0.2, 0.25) is 0 Å². The van der Waals surface area contributed by atoms with Gasteiger partial charge < -0.3 is 25.4 Å². The first-order valence-corrected chi connectivity index (χ1v) is 12.6. The molecule has 4 N–H and O–H groups in total. The van der Waals surface area contributed by atoms with Crippen LogP contribution in [-0.2, 0) is 23.9 Å². The molecule has 0 saturated heterocycles. The SMILES string of the molecule is CN[C@H](CC(=O)OCC(=O)[C@@]1(O)CCC2C3CCC4=CC(=O)CC[C@]4(C)C3[C@@H](O)C[C@@]21C)C(=O)O. The Morgan fingerprint density at radius 1 is 1.20 bits per heavy atom. The van der Waals surface area contributed by atoms with Gasteiger partial charge in [0.2, 0.25) is 5.78 Å². The quantitative estimate of drug-likeness (QED) is 0.387. The van der Waals surface area contributed by atoms with E-state index >= 15 is 0 Å². The van der Waals surface area contributed by atoms with Crippen LogP contribution in [0, 0.1) is 28.6 Å². The fourth-order valence-electron chi connectivity index (χ4n) is 7.95. The first-order valence-electron chi connectivity index (χ1n) is 12.6. The van der Waals surface area contributed by atoms with Gasteiger partial charge >= 0.3 is 11.9 Å². The van der Waals surface area contributed by atoms with E-state index in [1.807, 2.05) is 6.92 Å². The highest BCUT2D eigenvalue weighted by atomic mass is 16.5. The largest absolute Gasteiger partial charge is 0.480 e. The van der Waals surface area contributed by atoms with Gasteiger partial charge in [0.1, 0.15) is 11.6 Å². The minimum Gasteiger partial charge on any atom is -0.480 e. The normalized spacial score (nSPS) is 41.2. The molecule has 0 aromatic heterocycles. The molecule has 0 aromatic rings. The molecule has 0 radical (unpaired) electrons. The summed E-state index contributed by atoms with van der Waals surface area (Å²) < 4.78 is 5.07. The number of aliphatic carboxylic acids is 1. The van der Waals surface area contributed by atoms with Crippen molar-refractivity contribution in [3.05, 3.63) is 11.6 Å². The summed E-state index contributed by atoms with van der Waals surface area (Å²) in [4.78, 5) is 48.5. The van der Waals surface area contributed by atoms with E-state index in [1.165, 1.54) is 7.05 Å². The number of carbonyl (C=O) groups is 4. The van der Waals surface area contributed by atoms with Gasteiger partial charge in [-0.15, -0.1) is 0 Å². The molecule has 35 heavy (non-hydrogen) atoms. The summed E-state index contributed by atoms with van der Waals surface area (Å²) in [6.45, 7) is 3.38. The Morgan fingerprint density at radius 3 is 2.57 bits per heavy atom. The first kappa shape index (κ1) is 26.0. The average Bonchev–Trinajstić information content (AvgIpc) is 3.07. The van der Waals surface area contributed by atoms with Gasteiger partial charge in [0.15, 0.2) is 12.4 Å². The summed E-state index contributed by atoms with van der Waals surface area (Å²) in [5.41, 5.74) is -1.74. The van der Waals surface area contributed by atoms with Crippen LogP contribution in [-0.4, -0.2) is 70.2 Å². The van der Waals surface area contributed by atoms with Crippen LogP contribution < -0.4 is 5.32 Å². The second kappa shape index (κ2) is 9.09. The zero-order valence-electron chi connectivity index (χ0n) is 20.7. The molecule has 0 aliphatic heterocycles. The number of likely N-dealkylation sites (N-methyl/N-ethyl adjacent to an activating group) is 1. The molecule has 0 aromatic carbocycles. The molecule has 0 amide bonds. The highest BCUT2D eigenvalue weighted by Gasteiger charge is 2.68. The Bertz CT molecular complexity index is 961. The number of carboxylic acid groups (broad SMARTS) is 1. The van der Waals surface area contributed by atoms with Crippen molar-refractivity contribution in [3.63, 3.8) is 0 Å². The van der Waals surface area contributed by atoms with Gasteiger partial charge in [-0.1, -0.05) is 19.4 Å². The number of aliphatic hydroxyl groups excluding tert-OH is 1. The lowest BCUT2D eigenvalue weighted by molar-refractivity contribution is -0.184. The fraction of sp³-hybridized carbons (Fsp3) is 0.769. The molecule has 0 spiro atoms. The summed E-state index contributed by atoms with van der Waals surface area (Å²) in [6, 6.07) is -1.12. The van der Waals surface area contributed by atoms with Crippen molar-refractivity contribution >= 4 is 23.5 Å². The summed E-state index contributed by atoms with van der Waals surface area (Å²) in [6.07, 6.45) is 4.50. The summed E-state index contributed by atoms with van der Waals surface area (Å²) in [7, 11) is 1.41. The molecule has 3 fully saturated rings. The fourth-order valence-corrected chi connectivity index (χ4v) is 7.95. The van der Waals surface area contributed by atoms with E-state index in [2.05, 4.69) is 12.2 Å². The molecular formula is C26H37NO8. The van der Waals surface area contributed by atoms with Gasteiger partial charge in [-0.3, -0.25) is 19.2 Å². The second-order valence-electron chi connectivity index (χ2n) is 11.4. The van der Waals surface area contributed by atoms with E-state index in [4.69, 9.17) is 9.84 Å². The van der Waals surface area contributed by atoms with Crippen molar-refractivity contribution in [1.82, 2.24) is 5.32 Å². The van der Waals surface area contributed by atoms with E-state index in [1.54, 1.807) is 6.08 Å². The maximum absolute atomic E-state index is 13.2. The third-order valence-electron chi connectivity index (χ3n) is 9.89. The molecule has 8 atom stereocenters. The number of rotatable bonds is 7. The third kappa shape index (κ3) is 4.05. The molecule has 9 heteroatoms. The van der Waals surface area contributed by atoms with Crippen molar-refractivity contribution in [1.29, 1.82) is 0 Å². The number of esters is 1. The Kier molecular flexibility index (Phi) is 6.74. The molecule has 3 saturated carbocycles. The molecular weight excluding hydrogens is 454 g/mol. The summed E-state index contributed by atoms with van der Waals surface area (Å²) in [5.74, 6) is -2.38. The monoisotopic (exact) mass is 491 g/mol. The zero-order valence-corrected chi connectivity index (χ0v) is 20.7. The Hall–Kier alpha value is -2.10. The number of allylic oxidation sites excluding steroid dienone is 1. The number of hydrogen-bond acceptors (Lipinski definition) is 8. The average molecular weight is 492 g/mol. The topological polar surface area (TPSA) is 150 Å². The standard InChI is InChI=1S/C26H37NO8/c1-24-8-6-15(28)10-14(24)4-5-16-17-7-9-26(34,25(17,2)12-19(29)22(16)24)20(30)13-35-21(31)11-18(27-3)23(32)33/h10,16-19,22,27,29,34H,4-9,11-13H2,1-3H3,(H,32,33)/t16?,17?,18-,19+,22?,24+,25+,26+/m1/s1. The minimum absolute atomic E-state index is 0.0252. The highest BCUT2D eigenvalue weighted by molar-refractivity contribution is 5.92. The number of carboxylic acids is 1. The van der Waals surface area contributed by atoms with Crippen LogP contribution in [0.4, 0.5) is 0 Å². The van der Waals surface area contributed by atoms with Crippen LogP contribution in [0.15, 0.2) is 11.6 Å². The maximum Gasteiger partial charge on any atom is 0.321 e. The lowest BCUT2D eigenvalue weighted by Crippen LogP contribution is -2.62. The molecule has 9 nitrogen and oxygen atoms in total. The lowest BCUT2D eigenvalue weighted by atomic mass is 9.45. The molecule has 4 aliphatic carbocycles. The number of Topliss-reactive ketones (excluding diaryl/α,β-unsaturated/α-hetero) is 1. The number of fused-ring (bicyclic) bond motifs is 5. The Labute approximate surface area is 205 Å². The number of nitrogens with one attached hydrogen (secondary N) is 1. The highest BCUT2D eigenvalue weighted by Crippen LogP contribution is 2.67. The van der Waals surface area contributed by atoms with Gasteiger partial charge in [-0.2, -0.15) is 0 Å². The van der Waals surface area contributed by atoms with Crippen molar-refractivity contribution in [2.45, 2.75) is 83.0 Å². The molecule has 0 bridgehead atoms. The van der Waals surface area contributed by atoms with Crippen molar-refractivity contribution in [3.8, 4) is 0 Å². The maximum atomic E-state index is 13.2. The van der Waals surface area contributed by atoms with E-state index in [0.717, 1.165) is 18.4 Å². The van der Waals surface area contributed by atoms with E-state index in [0.29, 0.717) is 19.3 Å². The summed E-state index contributed by atoms with van der Waals surface area (Å²) >= 11 is 0. The van der Waals surface area contributed by atoms with E-state index < -0.39 is 53.9 Å². The predicted octanol–water partition coefficient (Wildman–Crippen LogP) is 1.40. The molecule has 0 heterocycles. The zero-order chi connectivity index (χ0) is 25.8. The molecule has 4 rings (SSSR count). The number of ether oxygens (including phenoxy) is 1. The van der Waals surface area contributed by atoms with Crippen molar-refractivity contribution in [2.75, 3.05) is 13.7 Å². The Balaban J connectivity index is 1.50. The predicted molar refractivity (Wildman–Crippen MR) is 124 cm³/mol. The van der Waals surface area contributed by atoms with Crippen molar-refractivity contribution < 1.29 is 39.2 Å². The number of ketones is 2. The smallest absolute Gasteiger partial charge is 0.321 e. The summed E-state index contributed by atoms with van der Waals surface area (Å²) in [5, 5.41) is 34.7. The number of hydrogen-bond donors (Lipinski definition) is 4. The van der Waals surface area contributed by atoms with Crippen LogP contribution >= 0.6 is 0 Å².